The van der Waals surface area contributed by atoms with Crippen LogP contribution in [0.25, 0.3) is 9.40 Å². The maximum absolute atomic E-state index is 5.67. The average Bonchev–Trinajstić information content (AvgIpc) is 3.02. The van der Waals surface area contributed by atoms with Gasteiger partial charge in [-0.05, 0) is 48.6 Å². The number of aryl methyl sites for hydroxylation is 1. The lowest BCUT2D eigenvalue weighted by Gasteiger charge is -2.19. The van der Waals surface area contributed by atoms with Crippen molar-refractivity contribution in [2.75, 3.05) is 7.11 Å². The van der Waals surface area contributed by atoms with Gasteiger partial charge in [0, 0.05) is 24.3 Å². The van der Waals surface area contributed by atoms with E-state index in [9.17, 15) is 0 Å². The average molecular weight is 446 g/mol. The maximum Gasteiger partial charge on any atom is 0.126 e. The van der Waals surface area contributed by atoms with Crippen LogP contribution in [0.4, 0.5) is 0 Å². The minimum atomic E-state index is 0.147. The molecule has 21 heavy (non-hydrogen) atoms. The van der Waals surface area contributed by atoms with E-state index >= 15 is 0 Å². The highest BCUT2D eigenvalue weighted by Crippen LogP contribution is 2.46. The fourth-order valence-electron chi connectivity index (χ4n) is 2.50. The van der Waals surface area contributed by atoms with Crippen LogP contribution in [0.1, 0.15) is 26.4 Å². The number of halogens is 2. The standard InChI is InChI=1S/C16H14Br2OS2/c1-8-6-10(17)9(2)14(16(8)19-3)15(18)13-7-12-11(21-13)4-5-20-12/h4-7,15H,1-3H3. The van der Waals surface area contributed by atoms with Gasteiger partial charge in [0.15, 0.2) is 0 Å². The third kappa shape index (κ3) is 2.69. The van der Waals surface area contributed by atoms with Gasteiger partial charge in [-0.25, -0.2) is 0 Å². The van der Waals surface area contributed by atoms with E-state index in [1.807, 2.05) is 11.3 Å². The summed E-state index contributed by atoms with van der Waals surface area (Å²) in [7, 11) is 1.74. The Morgan fingerprint density at radius 2 is 1.95 bits per heavy atom. The Morgan fingerprint density at radius 1 is 1.19 bits per heavy atom. The van der Waals surface area contributed by atoms with Gasteiger partial charge >= 0.3 is 0 Å². The molecule has 0 aliphatic heterocycles. The molecule has 1 unspecified atom stereocenters. The first-order chi connectivity index (χ1) is 10.0. The molecular weight excluding hydrogens is 432 g/mol. The Labute approximate surface area is 149 Å². The van der Waals surface area contributed by atoms with Gasteiger partial charge in [-0.1, -0.05) is 31.9 Å². The van der Waals surface area contributed by atoms with Crippen LogP contribution in [-0.4, -0.2) is 7.11 Å². The van der Waals surface area contributed by atoms with Crippen molar-refractivity contribution in [3.63, 3.8) is 0 Å². The molecule has 0 saturated carbocycles. The number of fused-ring (bicyclic) bond motifs is 1. The summed E-state index contributed by atoms with van der Waals surface area (Å²) in [5, 5.41) is 2.14. The van der Waals surface area contributed by atoms with Crippen molar-refractivity contribution in [3.05, 3.63) is 49.6 Å². The molecule has 2 aromatic heterocycles. The highest BCUT2D eigenvalue weighted by Gasteiger charge is 2.23. The van der Waals surface area contributed by atoms with E-state index in [0.717, 1.165) is 15.8 Å². The largest absolute Gasteiger partial charge is 0.496 e. The van der Waals surface area contributed by atoms with Crippen LogP contribution in [0, 0.1) is 13.8 Å². The lowest BCUT2D eigenvalue weighted by molar-refractivity contribution is 0.407. The Morgan fingerprint density at radius 3 is 2.62 bits per heavy atom. The van der Waals surface area contributed by atoms with E-state index in [4.69, 9.17) is 4.74 Å². The number of rotatable bonds is 3. The van der Waals surface area contributed by atoms with Crippen molar-refractivity contribution in [3.8, 4) is 5.75 Å². The van der Waals surface area contributed by atoms with Crippen LogP contribution in [-0.2, 0) is 0 Å². The third-order valence-electron chi connectivity index (χ3n) is 3.57. The number of thiophene rings is 2. The molecular formula is C16H14Br2OS2. The number of benzene rings is 1. The second-order valence-electron chi connectivity index (χ2n) is 4.91. The van der Waals surface area contributed by atoms with E-state index in [1.165, 1.54) is 25.4 Å². The summed E-state index contributed by atoms with van der Waals surface area (Å²) in [6, 6.07) is 6.58. The summed E-state index contributed by atoms with van der Waals surface area (Å²) < 4.78 is 9.49. The molecule has 0 saturated heterocycles. The number of methoxy groups -OCH3 is 1. The van der Waals surface area contributed by atoms with Crippen molar-refractivity contribution in [1.82, 2.24) is 0 Å². The van der Waals surface area contributed by atoms with E-state index < -0.39 is 0 Å². The predicted molar refractivity (Wildman–Crippen MR) is 101 cm³/mol. The summed E-state index contributed by atoms with van der Waals surface area (Å²) in [4.78, 5) is 1.46. The molecule has 2 heterocycles. The van der Waals surface area contributed by atoms with Gasteiger partial charge in [0.1, 0.15) is 5.75 Å². The van der Waals surface area contributed by atoms with Crippen molar-refractivity contribution in [1.29, 1.82) is 0 Å². The summed E-state index contributed by atoms with van der Waals surface area (Å²) in [6.07, 6.45) is 0. The molecule has 0 radical (unpaired) electrons. The zero-order chi connectivity index (χ0) is 15.1. The van der Waals surface area contributed by atoms with Crippen molar-refractivity contribution in [2.45, 2.75) is 18.7 Å². The quantitative estimate of drug-likeness (QED) is 0.401. The monoisotopic (exact) mass is 444 g/mol. The fraction of sp³-hybridized carbons (Fsp3) is 0.250. The van der Waals surface area contributed by atoms with Crippen LogP contribution < -0.4 is 4.74 Å². The molecule has 1 nitrogen and oxygen atoms in total. The summed E-state index contributed by atoms with van der Waals surface area (Å²) >= 11 is 11.2. The molecule has 3 rings (SSSR count). The Balaban J connectivity index is 2.16. The molecule has 5 heteroatoms. The lowest BCUT2D eigenvalue weighted by Crippen LogP contribution is -2.01. The first kappa shape index (κ1) is 15.5. The predicted octanol–water partition coefficient (Wildman–Crippen LogP) is 6.84. The van der Waals surface area contributed by atoms with E-state index in [2.05, 4.69) is 69.3 Å². The molecule has 3 aromatic rings. The van der Waals surface area contributed by atoms with Crippen LogP contribution >= 0.6 is 54.5 Å². The molecule has 1 aromatic carbocycles. The molecule has 0 aliphatic carbocycles. The topological polar surface area (TPSA) is 9.23 Å². The molecule has 0 bridgehead atoms. The van der Waals surface area contributed by atoms with Gasteiger partial charge in [0.2, 0.25) is 0 Å². The van der Waals surface area contributed by atoms with Gasteiger partial charge in [0.05, 0.1) is 11.9 Å². The Hall–Kier alpha value is -0.360. The van der Waals surface area contributed by atoms with Gasteiger partial charge in [-0.15, -0.1) is 22.7 Å². The number of ether oxygens (including phenoxy) is 1. The van der Waals surface area contributed by atoms with E-state index in [-0.39, 0.29) is 4.83 Å². The molecule has 0 aliphatic rings. The third-order valence-corrected chi connectivity index (χ3v) is 7.81. The molecule has 0 fully saturated rings. The zero-order valence-corrected chi connectivity index (χ0v) is 16.7. The first-order valence-corrected chi connectivity index (χ1v) is 9.88. The maximum atomic E-state index is 5.67. The van der Waals surface area contributed by atoms with Crippen LogP contribution in [0.2, 0.25) is 0 Å². The van der Waals surface area contributed by atoms with Gasteiger partial charge in [0.25, 0.3) is 0 Å². The minimum absolute atomic E-state index is 0.147. The van der Waals surface area contributed by atoms with Crippen molar-refractivity contribution < 1.29 is 4.74 Å². The summed E-state index contributed by atoms with van der Waals surface area (Å²) in [5.41, 5.74) is 3.57. The number of alkyl halides is 1. The van der Waals surface area contributed by atoms with E-state index in [1.54, 1.807) is 18.4 Å². The number of hydrogen-bond donors (Lipinski definition) is 0. The highest BCUT2D eigenvalue weighted by molar-refractivity contribution is 9.10. The Bertz CT molecular complexity index is 776. The SMILES string of the molecule is COc1c(C)cc(Br)c(C)c1C(Br)c1cc2sccc2s1. The molecule has 1 atom stereocenters. The Kier molecular flexibility index (Phi) is 4.46. The van der Waals surface area contributed by atoms with Crippen molar-refractivity contribution in [2.24, 2.45) is 0 Å². The van der Waals surface area contributed by atoms with Gasteiger partial charge in [-0.2, -0.15) is 0 Å². The van der Waals surface area contributed by atoms with Gasteiger partial charge < -0.3 is 4.74 Å². The molecule has 0 N–H and O–H groups in total. The zero-order valence-electron chi connectivity index (χ0n) is 11.9. The molecule has 0 spiro atoms. The molecule has 110 valence electrons. The first-order valence-electron chi connectivity index (χ1n) is 6.47. The van der Waals surface area contributed by atoms with Gasteiger partial charge in [-0.3, -0.25) is 0 Å². The smallest absolute Gasteiger partial charge is 0.126 e. The highest BCUT2D eigenvalue weighted by atomic mass is 79.9. The fourth-order valence-corrected chi connectivity index (χ4v) is 6.13. The van der Waals surface area contributed by atoms with Crippen LogP contribution in [0.3, 0.4) is 0 Å². The second-order valence-corrected chi connectivity index (χ2v) is 8.74. The molecule has 0 amide bonds. The van der Waals surface area contributed by atoms with E-state index in [0.29, 0.717) is 0 Å². The van der Waals surface area contributed by atoms with Crippen LogP contribution in [0.5, 0.6) is 5.75 Å². The minimum Gasteiger partial charge on any atom is -0.496 e. The number of hydrogen-bond acceptors (Lipinski definition) is 3. The summed E-state index contributed by atoms with van der Waals surface area (Å²) in [5.74, 6) is 0.967. The van der Waals surface area contributed by atoms with Crippen molar-refractivity contribution >= 4 is 63.9 Å². The lowest BCUT2D eigenvalue weighted by atomic mass is 10.00. The summed E-state index contributed by atoms with van der Waals surface area (Å²) in [6.45, 7) is 4.21. The second kappa shape index (κ2) is 6.03. The van der Waals surface area contributed by atoms with Crippen LogP contribution in [0.15, 0.2) is 28.1 Å². The normalized spacial score (nSPS) is 12.8.